The van der Waals surface area contributed by atoms with Gasteiger partial charge in [0, 0.05) is 12.8 Å². The highest BCUT2D eigenvalue weighted by Gasteiger charge is 2.17. The van der Waals surface area contributed by atoms with Gasteiger partial charge >= 0.3 is 5.97 Å². The van der Waals surface area contributed by atoms with Crippen molar-refractivity contribution in [2.24, 2.45) is 0 Å². The Kier molecular flexibility index (Phi) is 61.0. The number of hydrogen-bond acceptors (Lipinski definition) is 5. The number of hydrogen-bond donors (Lipinski definition) is 3. The molecule has 0 aliphatic heterocycles. The van der Waals surface area contributed by atoms with Crippen molar-refractivity contribution in [1.29, 1.82) is 0 Å². The van der Waals surface area contributed by atoms with Gasteiger partial charge in [-0.3, -0.25) is 9.59 Å². The summed E-state index contributed by atoms with van der Waals surface area (Å²) >= 11 is 0. The summed E-state index contributed by atoms with van der Waals surface area (Å²) in [6, 6.07) is -0.673. The summed E-state index contributed by atoms with van der Waals surface area (Å²) in [5.74, 6) is -0.158. The highest BCUT2D eigenvalue weighted by atomic mass is 16.5. The number of amides is 1. The molecule has 0 heterocycles. The van der Waals surface area contributed by atoms with Crippen LogP contribution < -0.4 is 5.32 Å². The molecule has 2 unspecified atom stereocenters. The van der Waals surface area contributed by atoms with Crippen LogP contribution in [0.3, 0.4) is 0 Å². The second kappa shape index (κ2) is 62.6. The summed E-state index contributed by atoms with van der Waals surface area (Å²) in [6.07, 6.45) is 79.2. The molecule has 1 amide bonds. The first-order valence-corrected chi connectivity index (χ1v) is 32.8. The lowest BCUT2D eigenvalue weighted by molar-refractivity contribution is -0.143. The smallest absolute Gasteiger partial charge is 0.305 e. The van der Waals surface area contributed by atoms with E-state index in [1.165, 1.54) is 270 Å². The fourth-order valence-electron chi connectivity index (χ4n) is 10.2. The molecule has 0 rings (SSSR count). The predicted octanol–water partition coefficient (Wildman–Crippen LogP) is 20.8. The molecule has 0 bridgehead atoms. The van der Waals surface area contributed by atoms with E-state index in [4.69, 9.17) is 4.74 Å². The van der Waals surface area contributed by atoms with Crippen LogP contribution in [0.15, 0.2) is 36.5 Å². The van der Waals surface area contributed by atoms with Gasteiger partial charge in [-0.15, -0.1) is 0 Å². The zero-order valence-electron chi connectivity index (χ0n) is 49.1. The van der Waals surface area contributed by atoms with Crippen molar-refractivity contribution < 1.29 is 24.5 Å². The minimum absolute atomic E-state index is 0.0130. The predicted molar refractivity (Wildman–Crippen MR) is 319 cm³/mol. The molecule has 3 N–H and O–H groups in total. The number of aliphatic hydroxyl groups excluding tert-OH is 2. The van der Waals surface area contributed by atoms with Crippen molar-refractivity contribution in [1.82, 2.24) is 5.32 Å². The molecule has 0 aliphatic rings. The van der Waals surface area contributed by atoms with Crippen LogP contribution in [0, 0.1) is 0 Å². The van der Waals surface area contributed by atoms with Crippen molar-refractivity contribution in [3.63, 3.8) is 0 Å². The Balaban J connectivity index is 3.53. The van der Waals surface area contributed by atoms with Crippen LogP contribution in [0.2, 0.25) is 0 Å². The molecule has 0 radical (unpaired) electrons. The standard InChI is InChI=1S/C67H127NO5/c1-3-5-7-9-11-13-15-17-19-21-23-24-25-26-27-29-30-32-35-39-43-47-51-55-59-65(70)64(63-69)68-66(71)60-56-52-48-44-40-36-34-38-42-46-50-54-58-62-73-67(72)61-57-53-49-45-41-37-33-31-28-22-20-18-16-14-12-10-8-6-4-2/h36,40,48,52,55,59,64-65,69-70H,3-35,37-39,41-47,49-51,53-54,56-58,60-63H2,1-2H3,(H,68,71)/b40-36-,52-48-,59-55+. The SMILES string of the molecule is CCCCCCCCCCCCCCCCCCCCCCCC/C=C/C(O)C(CO)NC(=O)CC/C=C\C/C=C\CCCCCCCCOC(=O)CCCCCCCCCCCCCCCCCCCCC. The molecule has 0 aliphatic carbocycles. The summed E-state index contributed by atoms with van der Waals surface area (Å²) in [6.45, 7) is 4.87. The lowest BCUT2D eigenvalue weighted by Gasteiger charge is -2.19. The van der Waals surface area contributed by atoms with E-state index in [1.807, 2.05) is 12.2 Å². The Morgan fingerprint density at radius 2 is 0.699 bits per heavy atom. The number of aliphatic hydroxyl groups is 2. The number of allylic oxidation sites excluding steroid dienone is 5. The molecule has 0 fully saturated rings. The molecule has 0 spiro atoms. The van der Waals surface area contributed by atoms with E-state index in [1.54, 1.807) is 6.08 Å². The Hall–Kier alpha value is -1.92. The summed E-state index contributed by atoms with van der Waals surface area (Å²) in [5.41, 5.74) is 0. The molecule has 2 atom stereocenters. The van der Waals surface area contributed by atoms with E-state index in [0.717, 1.165) is 51.4 Å². The highest BCUT2D eigenvalue weighted by molar-refractivity contribution is 5.76. The van der Waals surface area contributed by atoms with Crippen molar-refractivity contribution >= 4 is 11.9 Å². The number of unbranched alkanes of at least 4 members (excludes halogenated alkanes) is 46. The number of carbonyl (C=O) groups excluding carboxylic acids is 2. The van der Waals surface area contributed by atoms with E-state index >= 15 is 0 Å². The highest BCUT2D eigenvalue weighted by Crippen LogP contribution is 2.18. The number of nitrogens with one attached hydrogen (secondary N) is 1. The van der Waals surface area contributed by atoms with Gasteiger partial charge in [0.05, 0.1) is 25.4 Å². The second-order valence-corrected chi connectivity index (χ2v) is 22.5. The topological polar surface area (TPSA) is 95.9 Å². The second-order valence-electron chi connectivity index (χ2n) is 22.5. The largest absolute Gasteiger partial charge is 0.466 e. The van der Waals surface area contributed by atoms with Gasteiger partial charge in [0.1, 0.15) is 0 Å². The van der Waals surface area contributed by atoms with Crippen molar-refractivity contribution in [3.8, 4) is 0 Å². The van der Waals surface area contributed by atoms with Crippen LogP contribution in [0.4, 0.5) is 0 Å². The van der Waals surface area contributed by atoms with Gasteiger partial charge in [-0.1, -0.05) is 326 Å². The third-order valence-electron chi connectivity index (χ3n) is 15.2. The first-order valence-electron chi connectivity index (χ1n) is 32.8. The zero-order chi connectivity index (χ0) is 52.9. The Labute approximate surface area is 455 Å². The fraction of sp³-hybridized carbons (Fsp3) is 0.881. The maximum absolute atomic E-state index is 12.5. The van der Waals surface area contributed by atoms with Crippen molar-refractivity contribution in [2.75, 3.05) is 13.2 Å². The van der Waals surface area contributed by atoms with E-state index in [2.05, 4.69) is 37.4 Å². The van der Waals surface area contributed by atoms with E-state index in [-0.39, 0.29) is 18.5 Å². The van der Waals surface area contributed by atoms with Gasteiger partial charge in [0.25, 0.3) is 0 Å². The Morgan fingerprint density at radius 3 is 1.07 bits per heavy atom. The normalized spacial score (nSPS) is 12.8. The number of rotatable bonds is 61. The van der Waals surface area contributed by atoms with E-state index < -0.39 is 12.1 Å². The summed E-state index contributed by atoms with van der Waals surface area (Å²) in [5, 5.41) is 23.1. The van der Waals surface area contributed by atoms with E-state index in [0.29, 0.717) is 25.9 Å². The molecule has 0 aromatic rings. The lowest BCUT2D eigenvalue weighted by Crippen LogP contribution is -2.45. The molecule has 0 saturated carbocycles. The first kappa shape index (κ1) is 71.1. The fourth-order valence-corrected chi connectivity index (χ4v) is 10.2. The Morgan fingerprint density at radius 1 is 0.384 bits per heavy atom. The summed E-state index contributed by atoms with van der Waals surface area (Å²) in [7, 11) is 0. The molecule has 73 heavy (non-hydrogen) atoms. The lowest BCUT2D eigenvalue weighted by atomic mass is 10.0. The van der Waals surface area contributed by atoms with E-state index in [9.17, 15) is 19.8 Å². The van der Waals surface area contributed by atoms with Crippen LogP contribution in [0.5, 0.6) is 0 Å². The maximum Gasteiger partial charge on any atom is 0.305 e. The van der Waals surface area contributed by atoms with Gasteiger partial charge in [0.2, 0.25) is 5.91 Å². The van der Waals surface area contributed by atoms with Gasteiger partial charge in [0.15, 0.2) is 0 Å². The quantitative estimate of drug-likeness (QED) is 0.0320. The summed E-state index contributed by atoms with van der Waals surface area (Å²) < 4.78 is 5.48. The number of carbonyl (C=O) groups is 2. The third kappa shape index (κ3) is 59.2. The van der Waals surface area contributed by atoms with Crippen LogP contribution in [0.25, 0.3) is 0 Å². The maximum atomic E-state index is 12.5. The average molecular weight is 1030 g/mol. The Bertz CT molecular complexity index is 1180. The van der Waals surface area contributed by atoms with Crippen LogP contribution in [-0.4, -0.2) is 47.4 Å². The molecule has 0 aromatic heterocycles. The minimum atomic E-state index is -0.881. The summed E-state index contributed by atoms with van der Waals surface area (Å²) in [4.78, 5) is 24.6. The molecule has 430 valence electrons. The minimum Gasteiger partial charge on any atom is -0.466 e. The molecule has 6 heteroatoms. The molecule has 0 saturated heterocycles. The third-order valence-corrected chi connectivity index (χ3v) is 15.2. The molecular weight excluding hydrogens is 899 g/mol. The zero-order valence-corrected chi connectivity index (χ0v) is 49.1. The van der Waals surface area contributed by atoms with Crippen LogP contribution in [-0.2, 0) is 14.3 Å². The number of esters is 1. The van der Waals surface area contributed by atoms with Crippen molar-refractivity contribution in [3.05, 3.63) is 36.5 Å². The van der Waals surface area contributed by atoms with Gasteiger partial charge < -0.3 is 20.3 Å². The molecular formula is C67H127NO5. The van der Waals surface area contributed by atoms with Crippen LogP contribution >= 0.6 is 0 Å². The monoisotopic (exact) mass is 1030 g/mol. The number of ether oxygens (including phenoxy) is 1. The molecule has 0 aromatic carbocycles. The molecule has 6 nitrogen and oxygen atoms in total. The van der Waals surface area contributed by atoms with Crippen molar-refractivity contribution in [2.45, 2.75) is 366 Å². The average Bonchev–Trinajstić information content (AvgIpc) is 3.39. The van der Waals surface area contributed by atoms with Gasteiger partial charge in [-0.25, -0.2) is 0 Å². The van der Waals surface area contributed by atoms with Gasteiger partial charge in [-0.2, -0.15) is 0 Å². The first-order chi connectivity index (χ1) is 36.0. The van der Waals surface area contributed by atoms with Crippen LogP contribution in [0.1, 0.15) is 354 Å². The van der Waals surface area contributed by atoms with Gasteiger partial charge in [-0.05, 0) is 51.4 Å².